The summed E-state index contributed by atoms with van der Waals surface area (Å²) in [5.74, 6) is -5.26. The van der Waals surface area contributed by atoms with Crippen molar-refractivity contribution >= 4 is 54.4 Å². The molecule has 8 atom stereocenters. The Morgan fingerprint density at radius 3 is 1.80 bits per heavy atom. The van der Waals surface area contributed by atoms with E-state index in [1.54, 1.807) is 13.8 Å². The van der Waals surface area contributed by atoms with Crippen LogP contribution in [0.15, 0.2) is 0 Å². The first-order valence-corrected chi connectivity index (χ1v) is 17.8. The predicted octanol–water partition coefficient (Wildman–Crippen LogP) is -3.49. The first-order valence-electron chi connectivity index (χ1n) is 17.2. The van der Waals surface area contributed by atoms with Crippen LogP contribution in [0.3, 0.4) is 0 Å². The molecule has 0 aromatic heterocycles. The molecule has 0 fully saturated rings. The molecule has 12 N–H and O–H groups in total. The van der Waals surface area contributed by atoms with E-state index >= 15 is 0 Å². The van der Waals surface area contributed by atoms with Crippen molar-refractivity contribution in [3.63, 3.8) is 0 Å². The number of thiol groups is 1. The van der Waals surface area contributed by atoms with Gasteiger partial charge in [0.05, 0.1) is 25.9 Å². The third-order valence-corrected chi connectivity index (χ3v) is 8.51. The number of carbonyl (C=O) groups is 7. The van der Waals surface area contributed by atoms with Crippen molar-refractivity contribution in [2.75, 3.05) is 26.4 Å². The van der Waals surface area contributed by atoms with Gasteiger partial charge in [-0.25, -0.2) is 0 Å². The fourth-order valence-corrected chi connectivity index (χ4v) is 4.77. The lowest BCUT2D eigenvalue weighted by molar-refractivity contribution is -0.137. The van der Waals surface area contributed by atoms with Gasteiger partial charge >= 0.3 is 0 Å². The van der Waals surface area contributed by atoms with E-state index in [9.17, 15) is 54.0 Å². The number of carbonyl (C=O) groups excluding carboxylic acids is 7. The summed E-state index contributed by atoms with van der Waals surface area (Å²) in [6.07, 6.45) is 3.29. The number of aliphatic hydroxyl groups is 4. The maximum Gasteiger partial charge on any atom is 0.245 e. The highest BCUT2D eigenvalue weighted by molar-refractivity contribution is 7.80. The lowest BCUT2D eigenvalue weighted by Crippen LogP contribution is -2.61. The molecule has 0 unspecified atom stereocenters. The zero-order valence-corrected chi connectivity index (χ0v) is 30.8. The highest BCUT2D eigenvalue weighted by Crippen LogP contribution is 2.11. The van der Waals surface area contributed by atoms with Gasteiger partial charge in [-0.15, -0.1) is 0 Å². The summed E-state index contributed by atoms with van der Waals surface area (Å²) in [4.78, 5) is 87.9. The van der Waals surface area contributed by atoms with Crippen molar-refractivity contribution in [3.8, 4) is 0 Å². The molecule has 6 amide bonds. The standard InChI is InChI=1S/C32H59N7O11S/c1-5-21(51)10-6-7-12-25(45)34-13-9-8-11-23(36-32(50)27(19(4)44)39-28(46)22(33)16-42)29(47)37-24(17-43)30(48)38-26(18(2)3)31(49)35-20(14-40)15-41/h14,18-24,26-27,41-44,51H,5-13,15-17,33H2,1-4H3,(H,34,45)(H,35,49)(H,36,50)(H,37,47)(H,38,48)(H,39,46)/t19-,20-,21+,22+,23+,24+,26+,27+/m1/s1. The zero-order chi connectivity index (χ0) is 39.1. The summed E-state index contributed by atoms with van der Waals surface area (Å²) < 4.78 is 0. The minimum Gasteiger partial charge on any atom is -0.394 e. The van der Waals surface area contributed by atoms with Gasteiger partial charge in [0.25, 0.3) is 0 Å². The quantitative estimate of drug-likeness (QED) is 0.0221. The molecule has 0 aromatic carbocycles. The van der Waals surface area contributed by atoms with Crippen LogP contribution in [0.1, 0.15) is 79.1 Å². The van der Waals surface area contributed by atoms with Gasteiger partial charge in [0.1, 0.15) is 42.5 Å². The second-order valence-electron chi connectivity index (χ2n) is 12.6. The smallest absolute Gasteiger partial charge is 0.245 e. The second kappa shape index (κ2) is 26.4. The Labute approximate surface area is 304 Å². The van der Waals surface area contributed by atoms with Gasteiger partial charge in [0.15, 0.2) is 0 Å². The van der Waals surface area contributed by atoms with Crippen LogP contribution in [0.25, 0.3) is 0 Å². The highest BCUT2D eigenvalue weighted by atomic mass is 32.1. The van der Waals surface area contributed by atoms with E-state index in [1.165, 1.54) is 6.92 Å². The summed E-state index contributed by atoms with van der Waals surface area (Å²) in [7, 11) is 0. The molecule has 19 heteroatoms. The average molecular weight is 750 g/mol. The zero-order valence-electron chi connectivity index (χ0n) is 29.9. The van der Waals surface area contributed by atoms with Gasteiger partial charge in [-0.1, -0.05) is 27.2 Å². The van der Waals surface area contributed by atoms with Gasteiger partial charge < -0.3 is 62.9 Å². The fourth-order valence-electron chi connectivity index (χ4n) is 4.59. The van der Waals surface area contributed by atoms with Crippen LogP contribution in [0.5, 0.6) is 0 Å². The molecule has 0 aliphatic carbocycles. The van der Waals surface area contributed by atoms with E-state index < -0.39 is 97.6 Å². The van der Waals surface area contributed by atoms with Crippen LogP contribution in [0.4, 0.5) is 0 Å². The van der Waals surface area contributed by atoms with Crippen molar-refractivity contribution in [3.05, 3.63) is 0 Å². The normalized spacial score (nSPS) is 15.9. The Kier molecular flexibility index (Phi) is 24.7. The van der Waals surface area contributed by atoms with Gasteiger partial charge in [-0.3, -0.25) is 28.8 Å². The van der Waals surface area contributed by atoms with E-state index in [0.29, 0.717) is 30.8 Å². The minimum atomic E-state index is -1.60. The number of nitrogens with two attached hydrogens (primary N) is 1. The monoisotopic (exact) mass is 749 g/mol. The van der Waals surface area contributed by atoms with E-state index in [-0.39, 0.29) is 25.3 Å². The molecular formula is C32H59N7O11S. The average Bonchev–Trinajstić information content (AvgIpc) is 3.10. The first kappa shape index (κ1) is 47.6. The predicted molar refractivity (Wildman–Crippen MR) is 190 cm³/mol. The van der Waals surface area contributed by atoms with Gasteiger partial charge in [-0.2, -0.15) is 12.6 Å². The summed E-state index contributed by atoms with van der Waals surface area (Å²) in [5.41, 5.74) is 5.50. The van der Waals surface area contributed by atoms with Crippen LogP contribution in [-0.2, 0) is 33.6 Å². The van der Waals surface area contributed by atoms with Crippen molar-refractivity contribution in [1.82, 2.24) is 31.9 Å². The van der Waals surface area contributed by atoms with Gasteiger partial charge in [0.2, 0.25) is 35.4 Å². The second-order valence-corrected chi connectivity index (χ2v) is 13.4. The Morgan fingerprint density at radius 2 is 1.27 bits per heavy atom. The van der Waals surface area contributed by atoms with Crippen molar-refractivity contribution in [2.45, 2.75) is 127 Å². The van der Waals surface area contributed by atoms with E-state index in [2.05, 4.69) is 44.5 Å². The third-order valence-electron chi connectivity index (χ3n) is 7.88. The van der Waals surface area contributed by atoms with Crippen molar-refractivity contribution < 1.29 is 54.0 Å². The molecule has 0 radical (unpaired) electrons. The molecule has 0 saturated heterocycles. The first-order chi connectivity index (χ1) is 24.1. The fraction of sp³-hybridized carbons (Fsp3) is 0.781. The number of unbranched alkanes of at least 4 members (excludes halogenated alkanes) is 2. The van der Waals surface area contributed by atoms with Crippen LogP contribution in [-0.4, -0.2) is 136 Å². The highest BCUT2D eigenvalue weighted by Gasteiger charge is 2.34. The third kappa shape index (κ3) is 19.2. The number of aldehydes is 1. The molecule has 294 valence electrons. The maximum atomic E-state index is 13.4. The Balaban J connectivity index is 5.73. The SMILES string of the molecule is CC[C@H](S)CCCCC(=O)NCCCC[C@H](NC(=O)[C@@H](NC(=O)[C@@H](N)CO)[C@@H](C)O)C(=O)N[C@@H](CO)C(=O)N[C@H](C(=O)N[C@H](C=O)CO)C(C)C. The summed E-state index contributed by atoms with van der Waals surface area (Å²) in [6, 6.07) is -8.38. The maximum absolute atomic E-state index is 13.4. The van der Waals surface area contributed by atoms with Crippen LogP contribution < -0.4 is 37.6 Å². The van der Waals surface area contributed by atoms with Gasteiger partial charge in [0, 0.05) is 18.2 Å². The molecular weight excluding hydrogens is 690 g/mol. The lowest BCUT2D eigenvalue weighted by Gasteiger charge is -2.28. The molecule has 51 heavy (non-hydrogen) atoms. The number of rotatable bonds is 27. The topological polar surface area (TPSA) is 299 Å². The molecule has 0 bridgehead atoms. The number of hydrogen-bond acceptors (Lipinski definition) is 13. The molecule has 0 spiro atoms. The molecule has 18 nitrogen and oxygen atoms in total. The molecule has 0 saturated carbocycles. The number of amides is 6. The molecule has 0 rings (SSSR count). The van der Waals surface area contributed by atoms with Crippen LogP contribution in [0.2, 0.25) is 0 Å². The van der Waals surface area contributed by atoms with Crippen molar-refractivity contribution in [2.24, 2.45) is 11.7 Å². The molecule has 0 heterocycles. The van der Waals surface area contributed by atoms with E-state index in [0.717, 1.165) is 19.3 Å². The number of hydrogen-bond donors (Lipinski definition) is 12. The summed E-state index contributed by atoms with van der Waals surface area (Å²) >= 11 is 4.45. The Hall–Kier alpha value is -3.36. The minimum absolute atomic E-state index is 0.0323. The Morgan fingerprint density at radius 1 is 0.706 bits per heavy atom. The summed E-state index contributed by atoms with van der Waals surface area (Å²) in [5, 5.41) is 53.3. The van der Waals surface area contributed by atoms with Crippen molar-refractivity contribution in [1.29, 1.82) is 0 Å². The molecule has 0 aliphatic rings. The number of nitrogens with one attached hydrogen (secondary N) is 6. The molecule has 0 aromatic rings. The lowest BCUT2D eigenvalue weighted by atomic mass is 10.0. The molecule has 0 aliphatic heterocycles. The largest absolute Gasteiger partial charge is 0.394 e. The van der Waals surface area contributed by atoms with Gasteiger partial charge in [-0.05, 0) is 51.4 Å². The van der Waals surface area contributed by atoms with E-state index in [1.807, 2.05) is 6.92 Å². The van der Waals surface area contributed by atoms with E-state index in [4.69, 9.17) is 5.73 Å². The summed E-state index contributed by atoms with van der Waals surface area (Å²) in [6.45, 7) is 4.39. The Bertz CT molecular complexity index is 1120. The van der Waals surface area contributed by atoms with Crippen LogP contribution in [0, 0.1) is 5.92 Å². The number of aliphatic hydroxyl groups excluding tert-OH is 4. The van der Waals surface area contributed by atoms with Crippen LogP contribution >= 0.6 is 12.6 Å².